The lowest BCUT2D eigenvalue weighted by atomic mass is 10.1. The third-order valence-corrected chi connectivity index (χ3v) is 3.89. The van der Waals surface area contributed by atoms with E-state index in [-0.39, 0.29) is 0 Å². The highest BCUT2D eigenvalue weighted by Gasteiger charge is 2.13. The molecule has 0 radical (unpaired) electrons. The molecule has 23 heavy (non-hydrogen) atoms. The van der Waals surface area contributed by atoms with Crippen molar-refractivity contribution in [1.29, 1.82) is 0 Å². The minimum Gasteiger partial charge on any atom is -0.492 e. The van der Waals surface area contributed by atoms with Crippen molar-refractivity contribution in [2.75, 3.05) is 13.2 Å². The number of nitrogens with one attached hydrogen (secondary N) is 1. The molecule has 1 aromatic carbocycles. The number of hydrogen-bond acceptors (Lipinski definition) is 4. The first-order valence-corrected chi connectivity index (χ1v) is 7.80. The smallest absolute Gasteiger partial charge is 0.414 e. The predicted octanol–water partition coefficient (Wildman–Crippen LogP) is 2.37. The lowest BCUT2D eigenvalue weighted by molar-refractivity contribution is -0.159. The highest BCUT2D eigenvalue weighted by atomic mass is 16.5. The molecule has 128 valence electrons. The molecule has 0 spiro atoms. The Kier molecular flexibility index (Phi) is 8.11. The molecule has 0 aliphatic heterocycles. The Morgan fingerprint density at radius 2 is 1.78 bits per heavy atom. The molecule has 1 fully saturated rings. The number of aliphatic carboxylic acids is 2. The lowest BCUT2D eigenvalue weighted by Crippen LogP contribution is -2.30. The molecular formula is C17H25NO5. The van der Waals surface area contributed by atoms with Crippen molar-refractivity contribution < 1.29 is 24.5 Å². The molecule has 0 bridgehead atoms. The van der Waals surface area contributed by atoms with Gasteiger partial charge in [-0.15, -0.1) is 0 Å². The number of carboxylic acid groups (broad SMARTS) is 2. The van der Waals surface area contributed by atoms with E-state index in [2.05, 4.69) is 37.4 Å². The van der Waals surface area contributed by atoms with E-state index >= 15 is 0 Å². The van der Waals surface area contributed by atoms with Crippen molar-refractivity contribution in [3.8, 4) is 5.75 Å². The van der Waals surface area contributed by atoms with Crippen molar-refractivity contribution in [3.63, 3.8) is 0 Å². The van der Waals surface area contributed by atoms with Crippen LogP contribution in [-0.2, 0) is 9.59 Å². The summed E-state index contributed by atoms with van der Waals surface area (Å²) in [4.78, 5) is 18.2. The number of hydrogen-bond donors (Lipinski definition) is 3. The third-order valence-electron chi connectivity index (χ3n) is 3.89. The first kappa shape index (κ1) is 19.0. The summed E-state index contributed by atoms with van der Waals surface area (Å²) in [6, 6.07) is 6.97. The largest absolute Gasteiger partial charge is 0.492 e. The number of benzene rings is 1. The van der Waals surface area contributed by atoms with Gasteiger partial charge in [-0.1, -0.05) is 25.0 Å². The van der Waals surface area contributed by atoms with Gasteiger partial charge >= 0.3 is 11.9 Å². The van der Waals surface area contributed by atoms with Crippen LogP contribution < -0.4 is 10.1 Å². The Morgan fingerprint density at radius 3 is 2.35 bits per heavy atom. The van der Waals surface area contributed by atoms with E-state index in [1.807, 2.05) is 0 Å². The molecule has 0 unspecified atom stereocenters. The van der Waals surface area contributed by atoms with Crippen LogP contribution in [0.2, 0.25) is 0 Å². The second-order valence-electron chi connectivity index (χ2n) is 5.59. The van der Waals surface area contributed by atoms with Crippen LogP contribution in [0.5, 0.6) is 5.75 Å². The molecule has 1 aliphatic carbocycles. The number of carbonyl (C=O) groups is 2. The molecule has 0 aromatic heterocycles. The van der Waals surface area contributed by atoms with Crippen LogP contribution >= 0.6 is 0 Å². The van der Waals surface area contributed by atoms with E-state index in [1.54, 1.807) is 0 Å². The van der Waals surface area contributed by atoms with Crippen LogP contribution in [0.4, 0.5) is 0 Å². The van der Waals surface area contributed by atoms with Crippen molar-refractivity contribution >= 4 is 11.9 Å². The second-order valence-corrected chi connectivity index (χ2v) is 5.59. The van der Waals surface area contributed by atoms with Crippen LogP contribution in [0.3, 0.4) is 0 Å². The molecule has 1 aromatic rings. The Hall–Kier alpha value is -2.08. The van der Waals surface area contributed by atoms with Crippen molar-refractivity contribution in [1.82, 2.24) is 5.32 Å². The third kappa shape index (κ3) is 7.15. The van der Waals surface area contributed by atoms with E-state index in [1.165, 1.54) is 36.8 Å². The molecule has 3 N–H and O–H groups in total. The van der Waals surface area contributed by atoms with E-state index in [9.17, 15) is 0 Å². The maximum atomic E-state index is 9.10. The summed E-state index contributed by atoms with van der Waals surface area (Å²) in [6.45, 7) is 5.97. The fourth-order valence-corrected chi connectivity index (χ4v) is 2.43. The topological polar surface area (TPSA) is 95.9 Å². The zero-order valence-electron chi connectivity index (χ0n) is 13.7. The molecule has 0 saturated heterocycles. The zero-order valence-corrected chi connectivity index (χ0v) is 13.7. The molecular weight excluding hydrogens is 298 g/mol. The van der Waals surface area contributed by atoms with Crippen LogP contribution in [0.25, 0.3) is 0 Å². The minimum atomic E-state index is -1.82. The Bertz CT molecular complexity index is 512. The summed E-state index contributed by atoms with van der Waals surface area (Å²) in [6.07, 6.45) is 5.44. The average molecular weight is 323 g/mol. The molecule has 0 heterocycles. The summed E-state index contributed by atoms with van der Waals surface area (Å²) < 4.78 is 5.81. The molecule has 2 rings (SSSR count). The molecule has 1 aliphatic rings. The van der Waals surface area contributed by atoms with Gasteiger partial charge < -0.3 is 20.3 Å². The maximum absolute atomic E-state index is 9.10. The quantitative estimate of drug-likeness (QED) is 0.569. The van der Waals surface area contributed by atoms with Gasteiger partial charge in [0, 0.05) is 12.6 Å². The van der Waals surface area contributed by atoms with Crippen molar-refractivity contribution in [2.45, 2.75) is 45.6 Å². The molecule has 6 heteroatoms. The molecule has 0 atom stereocenters. The standard InChI is InChI=1S/C15H23NO.C2H2O4/c1-12-6-5-9-15(13(12)2)17-11-10-16-14-7-3-4-8-14;3-1(4)2(5)6/h5-6,9,14,16H,3-4,7-8,10-11H2,1-2H3;(H,3,4)(H,5,6). The van der Waals surface area contributed by atoms with E-state index < -0.39 is 11.9 Å². The van der Waals surface area contributed by atoms with Crippen molar-refractivity contribution in [3.05, 3.63) is 29.3 Å². The summed E-state index contributed by atoms with van der Waals surface area (Å²) in [5.74, 6) is -2.62. The highest BCUT2D eigenvalue weighted by molar-refractivity contribution is 6.27. The van der Waals surface area contributed by atoms with Gasteiger partial charge in [-0.3, -0.25) is 0 Å². The van der Waals surface area contributed by atoms with Gasteiger partial charge in [0.1, 0.15) is 12.4 Å². The average Bonchev–Trinajstić information content (AvgIpc) is 3.01. The van der Waals surface area contributed by atoms with Gasteiger partial charge in [0.05, 0.1) is 0 Å². The zero-order chi connectivity index (χ0) is 17.2. The molecule has 0 amide bonds. The summed E-state index contributed by atoms with van der Waals surface area (Å²) in [5.41, 5.74) is 2.56. The number of rotatable bonds is 5. The number of aryl methyl sites for hydroxylation is 1. The Morgan fingerprint density at radius 1 is 1.17 bits per heavy atom. The first-order chi connectivity index (χ1) is 10.9. The lowest BCUT2D eigenvalue weighted by Gasteiger charge is -2.14. The highest BCUT2D eigenvalue weighted by Crippen LogP contribution is 2.20. The van der Waals surface area contributed by atoms with Crippen LogP contribution in [0.15, 0.2) is 18.2 Å². The van der Waals surface area contributed by atoms with Crippen LogP contribution in [-0.4, -0.2) is 41.3 Å². The maximum Gasteiger partial charge on any atom is 0.414 e. The predicted molar refractivity (Wildman–Crippen MR) is 86.9 cm³/mol. The van der Waals surface area contributed by atoms with E-state index in [4.69, 9.17) is 24.5 Å². The first-order valence-electron chi connectivity index (χ1n) is 7.80. The SMILES string of the molecule is Cc1cccc(OCCNC2CCCC2)c1C.O=C(O)C(=O)O. The number of ether oxygens (including phenoxy) is 1. The summed E-state index contributed by atoms with van der Waals surface area (Å²) in [7, 11) is 0. The van der Waals surface area contributed by atoms with Gasteiger partial charge in [-0.2, -0.15) is 0 Å². The Balaban J connectivity index is 0.000000379. The van der Waals surface area contributed by atoms with Gasteiger partial charge in [-0.05, 0) is 43.9 Å². The van der Waals surface area contributed by atoms with Crippen LogP contribution in [0, 0.1) is 13.8 Å². The Labute approximate surface area is 136 Å². The second kappa shape index (κ2) is 9.84. The normalized spacial score (nSPS) is 14.0. The van der Waals surface area contributed by atoms with Crippen LogP contribution in [0.1, 0.15) is 36.8 Å². The van der Waals surface area contributed by atoms with Crippen molar-refractivity contribution in [2.24, 2.45) is 0 Å². The molecule has 6 nitrogen and oxygen atoms in total. The van der Waals surface area contributed by atoms with E-state index in [0.29, 0.717) is 0 Å². The fraction of sp³-hybridized carbons (Fsp3) is 0.529. The van der Waals surface area contributed by atoms with Gasteiger partial charge in [0.2, 0.25) is 0 Å². The number of carboxylic acids is 2. The summed E-state index contributed by atoms with van der Waals surface area (Å²) >= 11 is 0. The monoisotopic (exact) mass is 323 g/mol. The minimum absolute atomic E-state index is 0.734. The summed E-state index contributed by atoms with van der Waals surface area (Å²) in [5, 5.41) is 18.3. The van der Waals surface area contributed by atoms with E-state index in [0.717, 1.165) is 24.9 Å². The fourth-order valence-electron chi connectivity index (χ4n) is 2.43. The van der Waals surface area contributed by atoms with Gasteiger partial charge in [-0.25, -0.2) is 9.59 Å². The van der Waals surface area contributed by atoms with Gasteiger partial charge in [0.15, 0.2) is 0 Å². The molecule has 1 saturated carbocycles. The van der Waals surface area contributed by atoms with Gasteiger partial charge in [0.25, 0.3) is 0 Å².